The van der Waals surface area contributed by atoms with Crippen LogP contribution in [0.5, 0.6) is 0 Å². The highest BCUT2D eigenvalue weighted by Gasteiger charge is 2.26. The molecule has 0 saturated carbocycles. The third-order valence-electron chi connectivity index (χ3n) is 4.21. The van der Waals surface area contributed by atoms with E-state index in [4.69, 9.17) is 0 Å². The Morgan fingerprint density at radius 2 is 2.00 bits per heavy atom. The highest BCUT2D eigenvalue weighted by atomic mass is 32.2. The average molecular weight is 345 g/mol. The second kappa shape index (κ2) is 5.59. The molecule has 0 radical (unpaired) electrons. The number of nitrogens with zero attached hydrogens (tertiary/aromatic N) is 1. The summed E-state index contributed by atoms with van der Waals surface area (Å²) in [7, 11) is 0. The van der Waals surface area contributed by atoms with Crippen molar-refractivity contribution < 1.29 is 4.40 Å². The van der Waals surface area contributed by atoms with E-state index in [1.54, 1.807) is 0 Å². The number of aromatic nitrogens is 1. The number of hydrogen-bond donors (Lipinski definition) is 0. The number of benzene rings is 1. The first-order chi connectivity index (χ1) is 10.7. The maximum absolute atomic E-state index is 2.43. The molecule has 0 aliphatic carbocycles. The predicted molar refractivity (Wildman–Crippen MR) is 98.6 cm³/mol. The van der Waals surface area contributed by atoms with E-state index in [-0.39, 0.29) is 0 Å². The van der Waals surface area contributed by atoms with E-state index < -0.39 is 0 Å². The van der Waals surface area contributed by atoms with Gasteiger partial charge in [-0.05, 0) is 36.8 Å². The molecule has 1 aliphatic rings. The minimum Gasteiger partial charge on any atom is -0.142 e. The fourth-order valence-corrected chi connectivity index (χ4v) is 6.17. The van der Waals surface area contributed by atoms with Crippen LogP contribution in [0.15, 0.2) is 39.6 Å². The molecule has 3 heterocycles. The quantitative estimate of drug-likeness (QED) is 0.444. The molecule has 0 unspecified atom stereocenters. The smallest absolute Gasteiger partial charge is 0.142 e. The lowest BCUT2D eigenvalue weighted by atomic mass is 9.99. The summed E-state index contributed by atoms with van der Waals surface area (Å²) in [6.07, 6.45) is 3.34. The van der Waals surface area contributed by atoms with Crippen LogP contribution in [0.1, 0.15) is 16.8 Å². The van der Waals surface area contributed by atoms with Crippen molar-refractivity contribution >= 4 is 39.7 Å². The topological polar surface area (TPSA) is 4.10 Å². The van der Waals surface area contributed by atoms with Crippen molar-refractivity contribution in [2.24, 2.45) is 0 Å². The monoisotopic (exact) mass is 344 g/mol. The van der Waals surface area contributed by atoms with Crippen LogP contribution in [-0.4, -0.2) is 12.0 Å². The second-order valence-corrected chi connectivity index (χ2v) is 8.52. The van der Waals surface area contributed by atoms with Gasteiger partial charge in [0, 0.05) is 34.8 Å². The molecule has 3 aromatic rings. The van der Waals surface area contributed by atoms with Crippen molar-refractivity contribution in [3.05, 3.63) is 46.5 Å². The van der Waals surface area contributed by atoms with Crippen molar-refractivity contribution in [1.82, 2.24) is 0 Å². The summed E-state index contributed by atoms with van der Waals surface area (Å²) in [5.41, 5.74) is 7.05. The first kappa shape index (κ1) is 14.6. The lowest BCUT2D eigenvalue weighted by molar-refractivity contribution is -0.558. The van der Waals surface area contributed by atoms with Crippen LogP contribution in [0.2, 0.25) is 0 Å². The lowest BCUT2D eigenvalue weighted by Crippen LogP contribution is -2.27. The van der Waals surface area contributed by atoms with Gasteiger partial charge >= 0.3 is 0 Å². The maximum atomic E-state index is 2.43. The zero-order valence-corrected chi connectivity index (χ0v) is 15.4. The van der Waals surface area contributed by atoms with Crippen LogP contribution in [0.25, 0.3) is 16.0 Å². The molecule has 4 rings (SSSR count). The van der Waals surface area contributed by atoms with E-state index in [1.807, 2.05) is 34.9 Å². The lowest BCUT2D eigenvalue weighted by Gasteiger charge is -2.10. The van der Waals surface area contributed by atoms with E-state index in [2.05, 4.69) is 54.1 Å². The number of pyridine rings is 1. The van der Waals surface area contributed by atoms with Crippen molar-refractivity contribution in [2.45, 2.75) is 30.2 Å². The van der Waals surface area contributed by atoms with Crippen molar-refractivity contribution in [1.29, 1.82) is 0 Å². The Hall–Kier alpha value is -0.970. The van der Waals surface area contributed by atoms with E-state index in [9.17, 15) is 0 Å². The van der Waals surface area contributed by atoms with Gasteiger partial charge in [0.2, 0.25) is 5.03 Å². The Bertz CT molecular complexity index is 880. The van der Waals surface area contributed by atoms with Gasteiger partial charge in [-0.2, -0.15) is 0 Å². The number of rotatable bonds is 1. The summed E-state index contributed by atoms with van der Waals surface area (Å²) >= 11 is 5.72. The second-order valence-electron chi connectivity index (χ2n) is 5.69. The highest BCUT2D eigenvalue weighted by Crippen LogP contribution is 2.41. The molecular formula is C18H18NS3+. The molecule has 0 saturated heterocycles. The molecule has 0 bridgehead atoms. The molecule has 4 heteroatoms. The van der Waals surface area contributed by atoms with Crippen LogP contribution in [-0.2, 0) is 6.42 Å². The SMILES string of the molecule is CSc1c2c(cc3scc(C)[n+]13)-c1ccc(C)cc1SCC2. The summed E-state index contributed by atoms with van der Waals surface area (Å²) in [5, 5.41) is 3.68. The van der Waals surface area contributed by atoms with E-state index >= 15 is 0 Å². The minimum absolute atomic E-state index is 1.14. The van der Waals surface area contributed by atoms with Gasteiger partial charge in [0.25, 0.3) is 4.83 Å². The van der Waals surface area contributed by atoms with E-state index in [1.165, 1.54) is 42.7 Å². The van der Waals surface area contributed by atoms with Crippen LogP contribution >= 0.6 is 34.9 Å². The average Bonchev–Trinajstić information content (AvgIpc) is 2.78. The Morgan fingerprint density at radius 1 is 1.14 bits per heavy atom. The number of fused-ring (bicyclic) bond motifs is 4. The molecule has 0 atom stereocenters. The highest BCUT2D eigenvalue weighted by molar-refractivity contribution is 7.99. The van der Waals surface area contributed by atoms with Crippen LogP contribution in [0.4, 0.5) is 0 Å². The number of thioether (sulfide) groups is 2. The first-order valence-corrected chi connectivity index (χ1v) is 10.5. The van der Waals surface area contributed by atoms with Gasteiger partial charge < -0.3 is 0 Å². The first-order valence-electron chi connectivity index (χ1n) is 7.42. The fraction of sp³-hybridized carbons (Fsp3) is 0.278. The molecule has 1 nitrogen and oxygen atoms in total. The largest absolute Gasteiger partial charge is 0.268 e. The molecule has 0 spiro atoms. The van der Waals surface area contributed by atoms with Gasteiger partial charge in [0.05, 0.1) is 5.38 Å². The number of hydrogen-bond acceptors (Lipinski definition) is 3. The van der Waals surface area contributed by atoms with Gasteiger partial charge in [-0.3, -0.25) is 0 Å². The molecule has 1 aliphatic heterocycles. The fourth-order valence-electron chi connectivity index (χ4n) is 3.18. The Balaban J connectivity index is 2.09. The normalized spacial score (nSPS) is 13.8. The Labute approximate surface area is 143 Å². The summed E-state index contributed by atoms with van der Waals surface area (Å²) in [6, 6.07) is 9.28. The summed E-state index contributed by atoms with van der Waals surface area (Å²) in [6.45, 7) is 4.39. The van der Waals surface area contributed by atoms with Gasteiger partial charge in [0.15, 0.2) is 5.69 Å². The molecule has 22 heavy (non-hydrogen) atoms. The third kappa shape index (κ3) is 2.20. The molecule has 2 aromatic heterocycles. The molecule has 1 aromatic carbocycles. The standard InChI is InChI=1S/C18H18NS3/c1-11-4-5-13-15-9-17-19(12(2)10-22-17)18(20-3)14(15)6-7-21-16(13)8-11/h4-5,8-10H,6-7H2,1-3H3/q+1. The van der Waals surface area contributed by atoms with E-state index in [0.29, 0.717) is 0 Å². The van der Waals surface area contributed by atoms with Gasteiger partial charge in [-0.1, -0.05) is 35.2 Å². The van der Waals surface area contributed by atoms with Crippen molar-refractivity contribution in [3.63, 3.8) is 0 Å². The summed E-state index contributed by atoms with van der Waals surface area (Å²) in [4.78, 5) is 2.78. The molecular weight excluding hydrogens is 326 g/mol. The maximum Gasteiger partial charge on any atom is 0.268 e. The minimum atomic E-state index is 1.14. The molecule has 0 N–H and O–H groups in total. The van der Waals surface area contributed by atoms with E-state index in [0.717, 1.165) is 12.2 Å². The zero-order chi connectivity index (χ0) is 15.3. The van der Waals surface area contributed by atoms with Gasteiger partial charge in [-0.15, -0.1) is 16.2 Å². The Kier molecular flexibility index (Phi) is 3.71. The Morgan fingerprint density at radius 3 is 2.82 bits per heavy atom. The molecule has 0 amide bonds. The van der Waals surface area contributed by atoms with Crippen LogP contribution in [0, 0.1) is 13.8 Å². The predicted octanol–water partition coefficient (Wildman–Crippen LogP) is 5.14. The molecule has 112 valence electrons. The van der Waals surface area contributed by atoms with Crippen LogP contribution < -0.4 is 4.40 Å². The van der Waals surface area contributed by atoms with Crippen molar-refractivity contribution in [2.75, 3.05) is 12.0 Å². The molecule has 0 fully saturated rings. The summed E-state index contributed by atoms with van der Waals surface area (Å²) in [5.74, 6) is 1.16. The van der Waals surface area contributed by atoms with Gasteiger partial charge in [-0.25, -0.2) is 0 Å². The zero-order valence-electron chi connectivity index (χ0n) is 13.0. The summed E-state index contributed by atoms with van der Waals surface area (Å²) < 4.78 is 2.43. The number of thiazole rings is 1. The van der Waals surface area contributed by atoms with Crippen molar-refractivity contribution in [3.8, 4) is 11.1 Å². The third-order valence-corrected chi connectivity index (χ3v) is 7.08. The van der Waals surface area contributed by atoms with Crippen LogP contribution in [0.3, 0.4) is 0 Å². The number of aryl methyl sites for hydroxylation is 2. The van der Waals surface area contributed by atoms with Gasteiger partial charge in [0.1, 0.15) is 0 Å².